The van der Waals surface area contributed by atoms with Gasteiger partial charge in [0.05, 0.1) is 5.69 Å². The molecule has 0 atom stereocenters. The van der Waals surface area contributed by atoms with Crippen LogP contribution in [0.5, 0.6) is 0 Å². The highest BCUT2D eigenvalue weighted by molar-refractivity contribution is 8.13. The van der Waals surface area contributed by atoms with Gasteiger partial charge >= 0.3 is 0 Å². The number of rotatable bonds is 7. The molecule has 2 amide bonds. The summed E-state index contributed by atoms with van der Waals surface area (Å²) < 4.78 is 0. The molecule has 0 aliphatic carbocycles. The number of thioether (sulfide) groups is 1. The van der Waals surface area contributed by atoms with Crippen LogP contribution in [-0.4, -0.2) is 43.2 Å². The lowest BCUT2D eigenvalue weighted by molar-refractivity contribution is 0.102. The standard InChI is InChI=1S/C21H27N3O2S/c1-5-15-24(6-2)17-13-11-16(12-14-17)20(25)22-18-9-7-8-10-19(18)27-21(26)23(3)4/h7-14H,5-6,15H2,1-4H3,(H,22,25). The molecular weight excluding hydrogens is 358 g/mol. The zero-order chi connectivity index (χ0) is 19.8. The first-order valence-corrected chi connectivity index (χ1v) is 9.92. The van der Waals surface area contributed by atoms with E-state index in [1.54, 1.807) is 20.2 Å². The molecule has 0 unspecified atom stereocenters. The van der Waals surface area contributed by atoms with E-state index in [1.165, 1.54) is 4.90 Å². The number of nitrogens with zero attached hydrogens (tertiary/aromatic N) is 2. The molecule has 0 aliphatic rings. The van der Waals surface area contributed by atoms with Crippen molar-refractivity contribution in [2.75, 3.05) is 37.4 Å². The van der Waals surface area contributed by atoms with Crippen molar-refractivity contribution in [3.05, 3.63) is 54.1 Å². The Morgan fingerprint density at radius 3 is 2.26 bits per heavy atom. The van der Waals surface area contributed by atoms with Crippen LogP contribution < -0.4 is 10.2 Å². The van der Waals surface area contributed by atoms with Gasteiger partial charge in [0, 0.05) is 43.3 Å². The normalized spacial score (nSPS) is 10.4. The van der Waals surface area contributed by atoms with Gasteiger partial charge in [0.1, 0.15) is 0 Å². The Morgan fingerprint density at radius 1 is 1.00 bits per heavy atom. The lowest BCUT2D eigenvalue weighted by Crippen LogP contribution is -2.23. The number of anilines is 2. The predicted molar refractivity (Wildman–Crippen MR) is 114 cm³/mol. The Bertz CT molecular complexity index is 775. The number of para-hydroxylation sites is 1. The van der Waals surface area contributed by atoms with Crippen molar-refractivity contribution in [1.82, 2.24) is 4.90 Å². The Hall–Kier alpha value is -2.47. The number of carbonyl (C=O) groups is 2. The summed E-state index contributed by atoms with van der Waals surface area (Å²) in [6.45, 7) is 6.21. The maximum absolute atomic E-state index is 12.6. The van der Waals surface area contributed by atoms with E-state index < -0.39 is 0 Å². The highest BCUT2D eigenvalue weighted by Crippen LogP contribution is 2.29. The molecule has 0 fully saturated rings. The summed E-state index contributed by atoms with van der Waals surface area (Å²) in [5.74, 6) is -0.189. The summed E-state index contributed by atoms with van der Waals surface area (Å²) >= 11 is 1.10. The van der Waals surface area contributed by atoms with Crippen LogP contribution in [0.1, 0.15) is 30.6 Å². The maximum Gasteiger partial charge on any atom is 0.286 e. The van der Waals surface area contributed by atoms with Crippen molar-refractivity contribution >= 4 is 34.3 Å². The fraction of sp³-hybridized carbons (Fsp3) is 0.333. The monoisotopic (exact) mass is 385 g/mol. The van der Waals surface area contributed by atoms with Crippen LogP contribution >= 0.6 is 11.8 Å². The number of amides is 2. The summed E-state index contributed by atoms with van der Waals surface area (Å²) in [4.78, 5) is 29.1. The molecule has 2 aromatic carbocycles. The second kappa shape index (κ2) is 10.0. The molecule has 2 aromatic rings. The first kappa shape index (κ1) is 20.8. The van der Waals surface area contributed by atoms with Crippen LogP contribution in [0.2, 0.25) is 0 Å². The molecule has 27 heavy (non-hydrogen) atoms. The number of hydrogen-bond acceptors (Lipinski definition) is 4. The van der Waals surface area contributed by atoms with Gasteiger partial charge < -0.3 is 15.1 Å². The molecule has 0 radical (unpaired) electrons. The van der Waals surface area contributed by atoms with E-state index in [0.29, 0.717) is 11.3 Å². The van der Waals surface area contributed by atoms with Gasteiger partial charge in [-0.05, 0) is 61.5 Å². The van der Waals surface area contributed by atoms with Crippen LogP contribution in [0.4, 0.5) is 16.2 Å². The van der Waals surface area contributed by atoms with E-state index in [-0.39, 0.29) is 11.1 Å². The Morgan fingerprint density at radius 2 is 1.67 bits per heavy atom. The van der Waals surface area contributed by atoms with Crippen LogP contribution in [0.25, 0.3) is 0 Å². The molecule has 0 saturated heterocycles. The van der Waals surface area contributed by atoms with Gasteiger partial charge in [-0.1, -0.05) is 19.1 Å². The van der Waals surface area contributed by atoms with Gasteiger partial charge in [-0.15, -0.1) is 0 Å². The maximum atomic E-state index is 12.6. The lowest BCUT2D eigenvalue weighted by Gasteiger charge is -2.22. The summed E-state index contributed by atoms with van der Waals surface area (Å²) in [6.07, 6.45) is 1.08. The zero-order valence-corrected chi connectivity index (χ0v) is 17.2. The average Bonchev–Trinajstić information content (AvgIpc) is 2.67. The molecule has 5 nitrogen and oxygen atoms in total. The van der Waals surface area contributed by atoms with Gasteiger partial charge in [0.15, 0.2) is 0 Å². The molecule has 0 heterocycles. The molecular formula is C21H27N3O2S. The fourth-order valence-corrected chi connectivity index (χ4v) is 3.35. The third-order valence-corrected chi connectivity index (χ3v) is 5.18. The van der Waals surface area contributed by atoms with Gasteiger partial charge in [-0.2, -0.15) is 0 Å². The van der Waals surface area contributed by atoms with Crippen LogP contribution in [-0.2, 0) is 0 Å². The molecule has 0 saturated carbocycles. The summed E-state index contributed by atoms with van der Waals surface area (Å²) in [7, 11) is 3.41. The molecule has 0 aliphatic heterocycles. The van der Waals surface area contributed by atoms with Gasteiger partial charge in [-0.25, -0.2) is 0 Å². The zero-order valence-electron chi connectivity index (χ0n) is 16.4. The van der Waals surface area contributed by atoms with E-state index in [0.717, 1.165) is 41.9 Å². The number of hydrogen-bond donors (Lipinski definition) is 1. The molecule has 1 N–H and O–H groups in total. The lowest BCUT2D eigenvalue weighted by atomic mass is 10.1. The molecule has 0 bridgehead atoms. The predicted octanol–water partition coefficient (Wildman–Crippen LogP) is 4.95. The third-order valence-electron chi connectivity index (χ3n) is 4.07. The van der Waals surface area contributed by atoms with Crippen LogP contribution in [0, 0.1) is 0 Å². The quantitative estimate of drug-likeness (QED) is 0.685. The Labute approximate surface area is 165 Å². The third kappa shape index (κ3) is 5.76. The van der Waals surface area contributed by atoms with Crippen LogP contribution in [0.3, 0.4) is 0 Å². The minimum Gasteiger partial charge on any atom is -0.372 e. The number of benzene rings is 2. The van der Waals surface area contributed by atoms with E-state index >= 15 is 0 Å². The van der Waals surface area contributed by atoms with Crippen molar-refractivity contribution in [3.63, 3.8) is 0 Å². The Kier molecular flexibility index (Phi) is 7.73. The summed E-state index contributed by atoms with van der Waals surface area (Å²) in [5.41, 5.74) is 2.33. The molecule has 0 spiro atoms. The average molecular weight is 386 g/mol. The molecule has 0 aromatic heterocycles. The summed E-state index contributed by atoms with van der Waals surface area (Å²) in [6, 6.07) is 14.9. The first-order valence-electron chi connectivity index (χ1n) is 9.10. The summed E-state index contributed by atoms with van der Waals surface area (Å²) in [5, 5.41) is 2.83. The van der Waals surface area contributed by atoms with Crippen molar-refractivity contribution in [1.29, 1.82) is 0 Å². The highest BCUT2D eigenvalue weighted by atomic mass is 32.2. The van der Waals surface area contributed by atoms with Crippen LogP contribution in [0.15, 0.2) is 53.4 Å². The second-order valence-corrected chi connectivity index (χ2v) is 7.33. The topological polar surface area (TPSA) is 52.7 Å². The van der Waals surface area contributed by atoms with Gasteiger partial charge in [-0.3, -0.25) is 9.59 Å². The minimum absolute atomic E-state index is 0.0865. The number of nitrogens with one attached hydrogen (secondary N) is 1. The van der Waals surface area contributed by atoms with Crippen molar-refractivity contribution in [2.24, 2.45) is 0 Å². The largest absolute Gasteiger partial charge is 0.372 e. The highest BCUT2D eigenvalue weighted by Gasteiger charge is 2.14. The van der Waals surface area contributed by atoms with Gasteiger partial charge in [0.25, 0.3) is 11.1 Å². The minimum atomic E-state index is -0.189. The Balaban J connectivity index is 2.12. The van der Waals surface area contributed by atoms with Crippen molar-refractivity contribution < 1.29 is 9.59 Å². The van der Waals surface area contributed by atoms with E-state index in [9.17, 15) is 9.59 Å². The molecule has 144 valence electrons. The van der Waals surface area contributed by atoms with E-state index in [2.05, 4.69) is 24.1 Å². The first-order chi connectivity index (χ1) is 13.0. The second-order valence-electron chi connectivity index (χ2n) is 6.34. The van der Waals surface area contributed by atoms with E-state index in [4.69, 9.17) is 0 Å². The number of carbonyl (C=O) groups excluding carboxylic acids is 2. The SMILES string of the molecule is CCCN(CC)c1ccc(C(=O)Nc2ccccc2SC(=O)N(C)C)cc1. The van der Waals surface area contributed by atoms with Gasteiger partial charge in [0.2, 0.25) is 0 Å². The molecule has 2 rings (SSSR count). The fourth-order valence-electron chi connectivity index (χ4n) is 2.60. The van der Waals surface area contributed by atoms with Crippen molar-refractivity contribution in [2.45, 2.75) is 25.2 Å². The molecule has 6 heteroatoms. The van der Waals surface area contributed by atoms with E-state index in [1.807, 2.05) is 42.5 Å². The van der Waals surface area contributed by atoms with Crippen molar-refractivity contribution in [3.8, 4) is 0 Å². The smallest absolute Gasteiger partial charge is 0.286 e.